The Labute approximate surface area is 121 Å². The van der Waals surface area contributed by atoms with Gasteiger partial charge in [-0.2, -0.15) is 0 Å². The van der Waals surface area contributed by atoms with E-state index in [0.29, 0.717) is 11.4 Å². The van der Waals surface area contributed by atoms with Crippen molar-refractivity contribution < 1.29 is 5.11 Å². The molecule has 1 heterocycles. The highest BCUT2D eigenvalue weighted by Gasteiger charge is 2.12. The molecule has 0 radical (unpaired) electrons. The summed E-state index contributed by atoms with van der Waals surface area (Å²) in [4.78, 5) is 0. The monoisotopic (exact) mass is 288 g/mol. The minimum Gasteiger partial charge on any atom is -0.388 e. The number of aliphatic hydroxyl groups is 1. The maximum atomic E-state index is 10.3. The van der Waals surface area contributed by atoms with Gasteiger partial charge in [0.2, 0.25) is 0 Å². The molecule has 1 nitrogen and oxygen atoms in total. The van der Waals surface area contributed by atoms with Crippen LogP contribution in [0.25, 0.3) is 10.1 Å². The van der Waals surface area contributed by atoms with Gasteiger partial charge in [-0.1, -0.05) is 41.9 Å². The van der Waals surface area contributed by atoms with Gasteiger partial charge >= 0.3 is 0 Å². The normalized spacial score (nSPS) is 12.7. The van der Waals surface area contributed by atoms with Crippen LogP contribution in [0.15, 0.2) is 53.9 Å². The van der Waals surface area contributed by atoms with Crippen LogP contribution >= 0.6 is 22.9 Å². The molecule has 0 aliphatic rings. The third-order valence-electron chi connectivity index (χ3n) is 3.21. The van der Waals surface area contributed by atoms with Crippen LogP contribution in [-0.4, -0.2) is 5.11 Å². The molecule has 1 atom stereocenters. The molecular weight excluding hydrogens is 276 g/mol. The molecule has 3 rings (SSSR count). The van der Waals surface area contributed by atoms with Crippen LogP contribution in [0.1, 0.15) is 17.2 Å². The van der Waals surface area contributed by atoms with Gasteiger partial charge in [-0.05, 0) is 40.1 Å². The van der Waals surface area contributed by atoms with E-state index in [0.717, 1.165) is 5.56 Å². The Kier molecular flexibility index (Phi) is 3.56. The molecule has 0 bridgehead atoms. The van der Waals surface area contributed by atoms with Crippen molar-refractivity contribution in [2.24, 2.45) is 0 Å². The number of rotatable bonds is 3. The van der Waals surface area contributed by atoms with Crippen LogP contribution in [0.4, 0.5) is 0 Å². The van der Waals surface area contributed by atoms with Gasteiger partial charge < -0.3 is 5.11 Å². The lowest BCUT2D eigenvalue weighted by atomic mass is 10.0. The van der Waals surface area contributed by atoms with Crippen LogP contribution in [0.3, 0.4) is 0 Å². The van der Waals surface area contributed by atoms with E-state index in [4.69, 9.17) is 11.6 Å². The van der Waals surface area contributed by atoms with Crippen LogP contribution in [-0.2, 0) is 6.42 Å². The van der Waals surface area contributed by atoms with Crippen molar-refractivity contribution in [2.75, 3.05) is 0 Å². The molecule has 1 unspecified atom stereocenters. The van der Waals surface area contributed by atoms with Gasteiger partial charge in [0.05, 0.1) is 6.10 Å². The topological polar surface area (TPSA) is 20.2 Å². The molecular formula is C16H13ClOS. The molecule has 1 aromatic heterocycles. The Morgan fingerprint density at radius 3 is 2.79 bits per heavy atom. The standard InChI is InChI=1S/C16H13ClOS/c17-13-5-3-4-11(8-13)15(18)9-12-10-19-16-7-2-1-6-14(12)16/h1-8,10,15,18H,9H2. The lowest BCUT2D eigenvalue weighted by molar-refractivity contribution is 0.179. The third kappa shape index (κ3) is 2.66. The van der Waals surface area contributed by atoms with E-state index in [2.05, 4.69) is 17.5 Å². The first-order valence-electron chi connectivity index (χ1n) is 6.12. The zero-order chi connectivity index (χ0) is 13.2. The smallest absolute Gasteiger partial charge is 0.0831 e. The van der Waals surface area contributed by atoms with E-state index in [1.807, 2.05) is 36.4 Å². The number of thiophene rings is 1. The number of benzene rings is 2. The summed E-state index contributed by atoms with van der Waals surface area (Å²) in [5, 5.41) is 14.3. The van der Waals surface area contributed by atoms with Crippen LogP contribution in [0.5, 0.6) is 0 Å². The van der Waals surface area contributed by atoms with Gasteiger partial charge in [0.1, 0.15) is 0 Å². The van der Waals surface area contributed by atoms with Gasteiger partial charge in [-0.3, -0.25) is 0 Å². The van der Waals surface area contributed by atoms with Crippen molar-refractivity contribution in [3.8, 4) is 0 Å². The molecule has 19 heavy (non-hydrogen) atoms. The highest BCUT2D eigenvalue weighted by atomic mass is 35.5. The molecule has 0 saturated heterocycles. The van der Waals surface area contributed by atoms with E-state index in [1.54, 1.807) is 11.3 Å². The summed E-state index contributed by atoms with van der Waals surface area (Å²) < 4.78 is 1.26. The number of fused-ring (bicyclic) bond motifs is 1. The summed E-state index contributed by atoms with van der Waals surface area (Å²) in [7, 11) is 0. The lowest BCUT2D eigenvalue weighted by Gasteiger charge is -2.10. The molecule has 3 aromatic rings. The fourth-order valence-electron chi connectivity index (χ4n) is 2.23. The molecule has 0 spiro atoms. The van der Waals surface area contributed by atoms with Crippen molar-refractivity contribution in [2.45, 2.75) is 12.5 Å². The summed E-state index contributed by atoms with van der Waals surface area (Å²) in [6.07, 6.45) is 0.0985. The lowest BCUT2D eigenvalue weighted by Crippen LogP contribution is -2.01. The average molecular weight is 289 g/mol. The molecule has 2 aromatic carbocycles. The van der Waals surface area contributed by atoms with Crippen molar-refractivity contribution in [3.63, 3.8) is 0 Å². The molecule has 96 valence electrons. The summed E-state index contributed by atoms with van der Waals surface area (Å²) >= 11 is 7.67. The average Bonchev–Trinajstić information content (AvgIpc) is 2.82. The van der Waals surface area contributed by atoms with E-state index in [-0.39, 0.29) is 0 Å². The predicted octanol–water partition coefficient (Wildman–Crippen LogP) is 4.83. The summed E-state index contributed by atoms with van der Waals surface area (Å²) in [5.41, 5.74) is 2.05. The van der Waals surface area contributed by atoms with Gasteiger partial charge in [-0.25, -0.2) is 0 Å². The molecule has 3 heteroatoms. The molecule has 0 amide bonds. The van der Waals surface area contributed by atoms with Gasteiger partial charge in [0.25, 0.3) is 0 Å². The van der Waals surface area contributed by atoms with Gasteiger partial charge in [-0.15, -0.1) is 11.3 Å². The summed E-state index contributed by atoms with van der Waals surface area (Å²) in [6.45, 7) is 0. The first kappa shape index (κ1) is 12.7. The van der Waals surface area contributed by atoms with Crippen molar-refractivity contribution in [3.05, 3.63) is 70.1 Å². The third-order valence-corrected chi connectivity index (χ3v) is 4.46. The molecule has 0 saturated carbocycles. The zero-order valence-electron chi connectivity index (χ0n) is 10.2. The van der Waals surface area contributed by atoms with E-state index in [9.17, 15) is 5.11 Å². The van der Waals surface area contributed by atoms with Crippen molar-refractivity contribution >= 4 is 33.0 Å². The zero-order valence-corrected chi connectivity index (χ0v) is 11.8. The predicted molar refractivity (Wildman–Crippen MR) is 81.9 cm³/mol. The van der Waals surface area contributed by atoms with Crippen molar-refractivity contribution in [1.82, 2.24) is 0 Å². The van der Waals surface area contributed by atoms with E-state index >= 15 is 0 Å². The SMILES string of the molecule is OC(Cc1csc2ccccc12)c1cccc(Cl)c1. The molecule has 0 fully saturated rings. The van der Waals surface area contributed by atoms with E-state index in [1.165, 1.54) is 15.6 Å². The highest BCUT2D eigenvalue weighted by Crippen LogP contribution is 2.29. The minimum atomic E-state index is -0.517. The second-order valence-electron chi connectivity index (χ2n) is 4.53. The maximum absolute atomic E-state index is 10.3. The quantitative estimate of drug-likeness (QED) is 0.732. The molecule has 0 aliphatic heterocycles. The van der Waals surface area contributed by atoms with Gasteiger partial charge in [0.15, 0.2) is 0 Å². The van der Waals surface area contributed by atoms with Crippen LogP contribution in [0, 0.1) is 0 Å². The van der Waals surface area contributed by atoms with Crippen molar-refractivity contribution in [1.29, 1.82) is 0 Å². The largest absolute Gasteiger partial charge is 0.388 e. The first-order chi connectivity index (χ1) is 9.24. The Morgan fingerprint density at radius 2 is 1.95 bits per heavy atom. The highest BCUT2D eigenvalue weighted by molar-refractivity contribution is 7.17. The molecule has 1 N–H and O–H groups in total. The van der Waals surface area contributed by atoms with Crippen LogP contribution in [0.2, 0.25) is 5.02 Å². The Hall–Kier alpha value is -1.35. The molecule has 0 aliphatic carbocycles. The number of hydrogen-bond donors (Lipinski definition) is 1. The Balaban J connectivity index is 1.89. The first-order valence-corrected chi connectivity index (χ1v) is 7.38. The fraction of sp³-hybridized carbons (Fsp3) is 0.125. The number of aliphatic hydroxyl groups excluding tert-OH is 1. The summed E-state index contributed by atoms with van der Waals surface area (Å²) in [5.74, 6) is 0. The fourth-order valence-corrected chi connectivity index (χ4v) is 3.41. The van der Waals surface area contributed by atoms with Gasteiger partial charge in [0, 0.05) is 16.1 Å². The Morgan fingerprint density at radius 1 is 1.11 bits per heavy atom. The van der Waals surface area contributed by atoms with E-state index < -0.39 is 6.10 Å². The Bertz CT molecular complexity index is 705. The summed E-state index contributed by atoms with van der Waals surface area (Å²) in [6, 6.07) is 15.7. The minimum absolute atomic E-state index is 0.517. The number of hydrogen-bond acceptors (Lipinski definition) is 2. The second kappa shape index (κ2) is 5.33. The second-order valence-corrected chi connectivity index (χ2v) is 5.88. The van der Waals surface area contributed by atoms with Crippen LogP contribution < -0.4 is 0 Å². The number of halogens is 1. The maximum Gasteiger partial charge on any atom is 0.0831 e.